The van der Waals surface area contributed by atoms with Crippen LogP contribution in [0.25, 0.3) is 11.3 Å². The maximum atomic E-state index is 13.5. The fraction of sp³-hybridized carbons (Fsp3) is 0.333. The number of pyridine rings is 2. The molecule has 3 heterocycles. The highest BCUT2D eigenvalue weighted by Gasteiger charge is 2.33. The molecule has 0 bridgehead atoms. The maximum absolute atomic E-state index is 13.5. The molecule has 1 saturated heterocycles. The van der Waals surface area contributed by atoms with Crippen molar-refractivity contribution in [1.82, 2.24) is 14.9 Å². The molecule has 37 heavy (non-hydrogen) atoms. The number of nitrogens with zero attached hydrogens (tertiary/aromatic N) is 4. The smallest absolute Gasteiger partial charge is 0.358 e. The van der Waals surface area contributed by atoms with E-state index in [1.165, 1.54) is 19.2 Å². The van der Waals surface area contributed by atoms with E-state index in [1.54, 1.807) is 17.2 Å². The molecular weight excluding hydrogens is 499 g/mol. The zero-order valence-electron chi connectivity index (χ0n) is 20.9. The van der Waals surface area contributed by atoms with Gasteiger partial charge in [0.25, 0.3) is 5.91 Å². The molecule has 0 radical (unpaired) electrons. The monoisotopic (exact) mass is 526 g/mol. The zero-order chi connectivity index (χ0) is 26.5. The van der Waals surface area contributed by atoms with Gasteiger partial charge in [0.05, 0.1) is 41.2 Å². The summed E-state index contributed by atoms with van der Waals surface area (Å²) in [5.41, 5.74) is 2.25. The zero-order valence-corrected chi connectivity index (χ0v) is 21.7. The summed E-state index contributed by atoms with van der Waals surface area (Å²) in [6.45, 7) is 5.58. The van der Waals surface area contributed by atoms with E-state index in [0.29, 0.717) is 55.5 Å². The van der Waals surface area contributed by atoms with E-state index in [2.05, 4.69) is 14.9 Å². The van der Waals surface area contributed by atoms with Crippen LogP contribution in [0.3, 0.4) is 0 Å². The van der Waals surface area contributed by atoms with Crippen molar-refractivity contribution in [3.8, 4) is 17.1 Å². The van der Waals surface area contributed by atoms with E-state index in [4.69, 9.17) is 21.1 Å². The van der Waals surface area contributed by atoms with Gasteiger partial charge in [-0.3, -0.25) is 4.79 Å². The topological polar surface area (TPSA) is 84.9 Å². The van der Waals surface area contributed by atoms with Crippen molar-refractivity contribution in [3.63, 3.8) is 0 Å². The molecule has 1 aliphatic heterocycles. The fourth-order valence-electron chi connectivity index (χ4n) is 4.46. The summed E-state index contributed by atoms with van der Waals surface area (Å²) in [5, 5.41) is 0.0788. The molecule has 1 aliphatic rings. The van der Waals surface area contributed by atoms with Gasteiger partial charge in [0.1, 0.15) is 5.82 Å². The molecule has 1 atom stereocenters. The first-order valence-electron chi connectivity index (χ1n) is 12.1. The standard InChI is InChI=1S/C27H28ClFN4O4/c1-4-18-16-32(26(34)19-9-8-17(29)15-21(19)28)13-14-33(18)23-11-10-22(31-24(23)27(35)36-3)20-7-6-12-30-25(20)37-5-2/h6-12,15,18H,4-5,13-14,16H2,1-3H3/t18-/m1/s1. The summed E-state index contributed by atoms with van der Waals surface area (Å²) in [6.07, 6.45) is 2.34. The van der Waals surface area contributed by atoms with Gasteiger partial charge >= 0.3 is 5.97 Å². The Morgan fingerprint density at radius 3 is 2.68 bits per heavy atom. The number of methoxy groups -OCH3 is 1. The lowest BCUT2D eigenvalue weighted by Crippen LogP contribution is -2.55. The molecule has 2 aromatic heterocycles. The van der Waals surface area contributed by atoms with Crippen LogP contribution in [0.5, 0.6) is 5.88 Å². The molecule has 0 N–H and O–H groups in total. The lowest BCUT2D eigenvalue weighted by atomic mass is 10.0. The average molecular weight is 527 g/mol. The Labute approximate surface area is 220 Å². The highest BCUT2D eigenvalue weighted by Crippen LogP contribution is 2.32. The molecule has 194 valence electrons. The van der Waals surface area contributed by atoms with E-state index >= 15 is 0 Å². The Morgan fingerprint density at radius 1 is 1.16 bits per heavy atom. The molecule has 1 fully saturated rings. The normalized spacial score (nSPS) is 15.4. The van der Waals surface area contributed by atoms with Crippen LogP contribution in [0.4, 0.5) is 10.1 Å². The average Bonchev–Trinajstić information content (AvgIpc) is 2.92. The van der Waals surface area contributed by atoms with Gasteiger partial charge in [-0.25, -0.2) is 19.2 Å². The molecule has 0 saturated carbocycles. The van der Waals surface area contributed by atoms with Gasteiger partial charge in [0, 0.05) is 31.9 Å². The number of hydrogen-bond donors (Lipinski definition) is 0. The molecule has 0 spiro atoms. The third-order valence-electron chi connectivity index (χ3n) is 6.29. The molecule has 1 amide bonds. The van der Waals surface area contributed by atoms with E-state index in [9.17, 15) is 14.0 Å². The van der Waals surface area contributed by atoms with Crippen molar-refractivity contribution >= 4 is 29.2 Å². The first-order chi connectivity index (χ1) is 17.9. The van der Waals surface area contributed by atoms with Gasteiger partial charge in [0.15, 0.2) is 5.69 Å². The van der Waals surface area contributed by atoms with Crippen LogP contribution in [-0.4, -0.2) is 66.1 Å². The molecule has 8 nitrogen and oxygen atoms in total. The van der Waals surface area contributed by atoms with Gasteiger partial charge < -0.3 is 19.3 Å². The summed E-state index contributed by atoms with van der Waals surface area (Å²) in [5.74, 6) is -0.891. The van der Waals surface area contributed by atoms with E-state index in [-0.39, 0.29) is 28.2 Å². The molecular formula is C27H28ClFN4O4. The van der Waals surface area contributed by atoms with Crippen LogP contribution in [0.2, 0.25) is 5.02 Å². The van der Waals surface area contributed by atoms with E-state index < -0.39 is 11.8 Å². The van der Waals surface area contributed by atoms with Gasteiger partial charge in [-0.15, -0.1) is 0 Å². The highest BCUT2D eigenvalue weighted by atomic mass is 35.5. The van der Waals surface area contributed by atoms with Gasteiger partial charge in [0.2, 0.25) is 5.88 Å². The number of ether oxygens (including phenoxy) is 2. The summed E-state index contributed by atoms with van der Waals surface area (Å²) in [4.78, 5) is 38.7. The van der Waals surface area contributed by atoms with Crippen molar-refractivity contribution in [2.75, 3.05) is 38.3 Å². The second kappa shape index (κ2) is 11.6. The fourth-order valence-corrected chi connectivity index (χ4v) is 4.71. The number of carbonyl (C=O) groups is 2. The predicted molar refractivity (Wildman–Crippen MR) is 139 cm³/mol. The number of aromatic nitrogens is 2. The Kier molecular flexibility index (Phi) is 8.23. The number of halogens is 2. The Bertz CT molecular complexity index is 1310. The molecule has 0 aliphatic carbocycles. The lowest BCUT2D eigenvalue weighted by molar-refractivity contribution is 0.0592. The minimum atomic E-state index is -0.565. The van der Waals surface area contributed by atoms with Crippen LogP contribution in [-0.2, 0) is 4.74 Å². The summed E-state index contributed by atoms with van der Waals surface area (Å²) < 4.78 is 24.2. The summed E-state index contributed by atoms with van der Waals surface area (Å²) in [6, 6.07) is 10.9. The minimum Gasteiger partial charge on any atom is -0.477 e. The van der Waals surface area contributed by atoms with Gasteiger partial charge in [-0.2, -0.15) is 0 Å². The Hall–Kier alpha value is -3.72. The van der Waals surface area contributed by atoms with Crippen molar-refractivity contribution in [1.29, 1.82) is 0 Å². The number of benzene rings is 1. The number of esters is 1. The van der Waals surface area contributed by atoms with E-state index in [0.717, 1.165) is 6.07 Å². The van der Waals surface area contributed by atoms with Crippen molar-refractivity contribution in [2.24, 2.45) is 0 Å². The van der Waals surface area contributed by atoms with E-state index in [1.807, 2.05) is 32.0 Å². The van der Waals surface area contributed by atoms with Gasteiger partial charge in [-0.05, 0) is 55.8 Å². The number of amides is 1. The van der Waals surface area contributed by atoms with Crippen LogP contribution >= 0.6 is 11.6 Å². The lowest BCUT2D eigenvalue weighted by Gasteiger charge is -2.43. The number of piperazine rings is 1. The van der Waals surface area contributed by atoms with Crippen LogP contribution in [0.15, 0.2) is 48.7 Å². The molecule has 4 rings (SSSR count). The van der Waals surface area contributed by atoms with Gasteiger partial charge in [-0.1, -0.05) is 18.5 Å². The molecule has 0 unspecified atom stereocenters. The maximum Gasteiger partial charge on any atom is 0.358 e. The van der Waals surface area contributed by atoms with Crippen molar-refractivity contribution < 1.29 is 23.5 Å². The minimum absolute atomic E-state index is 0.0788. The molecule has 1 aromatic carbocycles. The molecule has 3 aromatic rings. The first-order valence-corrected chi connectivity index (χ1v) is 12.4. The quantitative estimate of drug-likeness (QED) is 0.406. The number of anilines is 1. The third-order valence-corrected chi connectivity index (χ3v) is 6.61. The number of carbonyl (C=O) groups excluding carboxylic acids is 2. The Morgan fingerprint density at radius 2 is 1.97 bits per heavy atom. The molecule has 10 heteroatoms. The van der Waals surface area contributed by atoms with Crippen molar-refractivity contribution in [2.45, 2.75) is 26.3 Å². The predicted octanol–water partition coefficient (Wildman–Crippen LogP) is 4.86. The number of rotatable bonds is 7. The Balaban J connectivity index is 1.64. The number of hydrogen-bond acceptors (Lipinski definition) is 7. The highest BCUT2D eigenvalue weighted by molar-refractivity contribution is 6.33. The second-order valence-electron chi connectivity index (χ2n) is 8.48. The van der Waals surface area contributed by atoms with Crippen LogP contribution in [0.1, 0.15) is 41.1 Å². The van der Waals surface area contributed by atoms with Crippen LogP contribution < -0.4 is 9.64 Å². The largest absolute Gasteiger partial charge is 0.477 e. The first kappa shape index (κ1) is 26.3. The second-order valence-corrected chi connectivity index (χ2v) is 8.88. The SMILES string of the molecule is CCOc1ncccc1-c1ccc(N2CCN(C(=O)c3ccc(F)cc3Cl)C[C@H]2CC)c(C(=O)OC)n1. The third kappa shape index (κ3) is 5.51. The summed E-state index contributed by atoms with van der Waals surface area (Å²) >= 11 is 6.14. The van der Waals surface area contributed by atoms with Crippen molar-refractivity contribution in [3.05, 3.63) is 70.8 Å². The van der Waals surface area contributed by atoms with Crippen LogP contribution in [0, 0.1) is 5.82 Å². The summed E-state index contributed by atoms with van der Waals surface area (Å²) in [7, 11) is 1.32.